The van der Waals surface area contributed by atoms with Crippen molar-refractivity contribution in [2.24, 2.45) is 5.92 Å². The monoisotopic (exact) mass is 378 g/mol. The lowest BCUT2D eigenvalue weighted by Gasteiger charge is -2.30. The molecule has 0 bridgehead atoms. The van der Waals surface area contributed by atoms with Gasteiger partial charge >= 0.3 is 0 Å². The van der Waals surface area contributed by atoms with Gasteiger partial charge in [0, 0.05) is 14.6 Å². The molecule has 5 heteroatoms. The minimum atomic E-state index is -0.0272. The molecule has 3 nitrogen and oxygen atoms in total. The third-order valence-electron chi connectivity index (χ3n) is 3.27. The molecule has 1 heterocycles. The highest BCUT2D eigenvalue weighted by atomic mass is 127. The Morgan fingerprint density at radius 1 is 1.56 bits per heavy atom. The van der Waals surface area contributed by atoms with Gasteiger partial charge in [0.2, 0.25) is 0 Å². The predicted octanol–water partition coefficient (Wildman–Crippen LogP) is 2.67. The van der Waals surface area contributed by atoms with Crippen LogP contribution in [-0.4, -0.2) is 25.0 Å². The quantitative estimate of drug-likeness (QED) is 0.777. The number of carbonyl (C=O) groups excluding carboxylic acids is 1. The zero-order valence-corrected chi connectivity index (χ0v) is 13.1. The highest BCUT2D eigenvalue weighted by Gasteiger charge is 2.23. The predicted molar refractivity (Wildman–Crippen MR) is 82.1 cm³/mol. The molecule has 0 aliphatic carbocycles. The second kappa shape index (κ2) is 6.21. The van der Waals surface area contributed by atoms with Crippen LogP contribution in [0.15, 0.2) is 18.2 Å². The summed E-state index contributed by atoms with van der Waals surface area (Å²) in [7, 11) is 0. The van der Waals surface area contributed by atoms with Crippen LogP contribution < -0.4 is 10.6 Å². The molecule has 1 aromatic rings. The molecule has 98 valence electrons. The molecule has 1 aliphatic rings. The first kappa shape index (κ1) is 14.1. The first-order valence-corrected chi connectivity index (χ1v) is 7.50. The van der Waals surface area contributed by atoms with Gasteiger partial charge in [-0.15, -0.1) is 0 Å². The van der Waals surface area contributed by atoms with E-state index < -0.39 is 0 Å². The average molecular weight is 379 g/mol. The molecule has 0 saturated carbocycles. The van der Waals surface area contributed by atoms with Crippen LogP contribution in [0.2, 0.25) is 5.02 Å². The molecule has 2 unspecified atom stereocenters. The van der Waals surface area contributed by atoms with Gasteiger partial charge in [-0.3, -0.25) is 4.79 Å². The molecule has 2 rings (SSSR count). The van der Waals surface area contributed by atoms with Crippen molar-refractivity contribution in [1.82, 2.24) is 10.6 Å². The fourth-order valence-electron chi connectivity index (χ4n) is 2.15. The van der Waals surface area contributed by atoms with Crippen molar-refractivity contribution in [3.63, 3.8) is 0 Å². The first-order valence-electron chi connectivity index (χ1n) is 6.04. The molecular formula is C13H16ClIN2O. The lowest BCUT2D eigenvalue weighted by atomic mass is 9.95. The van der Waals surface area contributed by atoms with Gasteiger partial charge in [0.15, 0.2) is 0 Å². The van der Waals surface area contributed by atoms with E-state index in [2.05, 4.69) is 40.1 Å². The number of rotatable bonds is 2. The first-order chi connectivity index (χ1) is 8.58. The maximum absolute atomic E-state index is 12.2. The smallest absolute Gasteiger partial charge is 0.252 e. The second-order valence-electron chi connectivity index (χ2n) is 4.67. The summed E-state index contributed by atoms with van der Waals surface area (Å²) in [5.74, 6) is 0.431. The SMILES string of the molecule is CC1CNCCC1NC(=O)c1cc(Cl)ccc1I. The average Bonchev–Trinajstić information content (AvgIpc) is 2.35. The second-order valence-corrected chi connectivity index (χ2v) is 6.27. The van der Waals surface area contributed by atoms with Crippen molar-refractivity contribution in [1.29, 1.82) is 0 Å². The number of amides is 1. The molecule has 1 aliphatic heterocycles. The van der Waals surface area contributed by atoms with Gasteiger partial charge in [0.05, 0.1) is 5.56 Å². The van der Waals surface area contributed by atoms with Crippen LogP contribution in [0.4, 0.5) is 0 Å². The van der Waals surface area contributed by atoms with Crippen LogP contribution in [0.25, 0.3) is 0 Å². The molecule has 2 atom stereocenters. The van der Waals surface area contributed by atoms with Crippen LogP contribution >= 0.6 is 34.2 Å². The Bertz CT molecular complexity index is 453. The normalized spacial score (nSPS) is 23.7. The Morgan fingerprint density at radius 3 is 3.06 bits per heavy atom. The fourth-order valence-corrected chi connectivity index (χ4v) is 2.90. The van der Waals surface area contributed by atoms with Crippen molar-refractivity contribution in [3.8, 4) is 0 Å². The highest BCUT2D eigenvalue weighted by Crippen LogP contribution is 2.19. The number of halogens is 2. The van der Waals surface area contributed by atoms with Crippen LogP contribution in [-0.2, 0) is 0 Å². The van der Waals surface area contributed by atoms with E-state index in [-0.39, 0.29) is 11.9 Å². The van der Waals surface area contributed by atoms with Gasteiger partial charge in [-0.2, -0.15) is 0 Å². The Hall–Kier alpha value is -0.330. The van der Waals surface area contributed by atoms with Crippen molar-refractivity contribution < 1.29 is 4.79 Å². The summed E-state index contributed by atoms with van der Waals surface area (Å²) >= 11 is 8.10. The number of piperidine rings is 1. The van der Waals surface area contributed by atoms with Gasteiger partial charge < -0.3 is 10.6 Å². The summed E-state index contributed by atoms with van der Waals surface area (Å²) in [5, 5.41) is 7.03. The minimum Gasteiger partial charge on any atom is -0.349 e. The van der Waals surface area contributed by atoms with E-state index in [0.717, 1.165) is 23.1 Å². The third kappa shape index (κ3) is 3.36. The molecule has 1 amide bonds. The van der Waals surface area contributed by atoms with Crippen molar-refractivity contribution in [2.75, 3.05) is 13.1 Å². The van der Waals surface area contributed by atoms with Gasteiger partial charge in [0.1, 0.15) is 0 Å². The van der Waals surface area contributed by atoms with Gasteiger partial charge in [-0.1, -0.05) is 18.5 Å². The van der Waals surface area contributed by atoms with Gasteiger partial charge in [-0.25, -0.2) is 0 Å². The molecule has 0 spiro atoms. The molecule has 1 fully saturated rings. The zero-order valence-electron chi connectivity index (χ0n) is 10.2. The van der Waals surface area contributed by atoms with E-state index in [1.165, 1.54) is 0 Å². The summed E-state index contributed by atoms with van der Waals surface area (Å²) in [4.78, 5) is 12.2. The van der Waals surface area contributed by atoms with Gasteiger partial charge in [-0.05, 0) is 66.2 Å². The lowest BCUT2D eigenvalue weighted by molar-refractivity contribution is 0.0913. The number of benzene rings is 1. The van der Waals surface area contributed by atoms with Crippen molar-refractivity contribution in [2.45, 2.75) is 19.4 Å². The molecule has 18 heavy (non-hydrogen) atoms. The fraction of sp³-hybridized carbons (Fsp3) is 0.462. The van der Waals surface area contributed by atoms with Crippen LogP contribution in [0.5, 0.6) is 0 Å². The van der Waals surface area contributed by atoms with Crippen LogP contribution in [0, 0.1) is 9.49 Å². The maximum atomic E-state index is 12.2. The van der Waals surface area contributed by atoms with E-state index in [9.17, 15) is 4.79 Å². The Labute approximate surface area is 126 Å². The maximum Gasteiger partial charge on any atom is 0.252 e. The Morgan fingerprint density at radius 2 is 2.33 bits per heavy atom. The number of hydrogen-bond donors (Lipinski definition) is 2. The summed E-state index contributed by atoms with van der Waals surface area (Å²) in [6.07, 6.45) is 0.976. The summed E-state index contributed by atoms with van der Waals surface area (Å²) in [5.41, 5.74) is 0.661. The summed E-state index contributed by atoms with van der Waals surface area (Å²) < 4.78 is 0.927. The van der Waals surface area contributed by atoms with Crippen LogP contribution in [0.3, 0.4) is 0 Å². The standard InChI is InChI=1S/C13H16ClIN2O/c1-8-7-16-5-4-12(8)17-13(18)10-6-9(14)2-3-11(10)15/h2-3,6,8,12,16H,4-5,7H2,1H3,(H,17,18). The van der Waals surface area contributed by atoms with E-state index in [1.54, 1.807) is 12.1 Å². The summed E-state index contributed by atoms with van der Waals surface area (Å²) in [6, 6.07) is 5.63. The molecule has 1 saturated heterocycles. The zero-order chi connectivity index (χ0) is 13.1. The molecular weight excluding hydrogens is 363 g/mol. The van der Waals surface area contributed by atoms with E-state index in [1.807, 2.05) is 6.07 Å². The Balaban J connectivity index is 2.09. The topological polar surface area (TPSA) is 41.1 Å². The number of nitrogens with one attached hydrogen (secondary N) is 2. The largest absolute Gasteiger partial charge is 0.349 e. The highest BCUT2D eigenvalue weighted by molar-refractivity contribution is 14.1. The van der Waals surface area contributed by atoms with E-state index >= 15 is 0 Å². The number of carbonyl (C=O) groups is 1. The van der Waals surface area contributed by atoms with E-state index in [0.29, 0.717) is 16.5 Å². The van der Waals surface area contributed by atoms with Crippen molar-refractivity contribution in [3.05, 3.63) is 32.4 Å². The van der Waals surface area contributed by atoms with E-state index in [4.69, 9.17) is 11.6 Å². The van der Waals surface area contributed by atoms with Crippen molar-refractivity contribution >= 4 is 40.1 Å². The van der Waals surface area contributed by atoms with Crippen LogP contribution in [0.1, 0.15) is 23.7 Å². The molecule has 1 aromatic carbocycles. The molecule has 0 aromatic heterocycles. The number of hydrogen-bond acceptors (Lipinski definition) is 2. The summed E-state index contributed by atoms with van der Waals surface area (Å²) in [6.45, 7) is 4.07. The van der Waals surface area contributed by atoms with Gasteiger partial charge in [0.25, 0.3) is 5.91 Å². The Kier molecular flexibility index (Phi) is 4.86. The molecule has 0 radical (unpaired) electrons. The third-order valence-corrected chi connectivity index (χ3v) is 4.45. The minimum absolute atomic E-state index is 0.0272. The molecule has 2 N–H and O–H groups in total. The lowest BCUT2D eigenvalue weighted by Crippen LogP contribution is -2.48.